The van der Waals surface area contributed by atoms with Crippen LogP contribution in [0.25, 0.3) is 0 Å². The molecule has 2 aliphatic heterocycles. The Balaban J connectivity index is 1.74. The number of nitrogens with one attached hydrogen (secondary N) is 1. The third kappa shape index (κ3) is 3.70. The minimum Gasteiger partial charge on any atom is -0.343 e. The first kappa shape index (κ1) is 12.9. The van der Waals surface area contributed by atoms with Crippen LogP contribution in [0.15, 0.2) is 0 Å². The largest absolute Gasteiger partial charge is 0.343 e. The van der Waals surface area contributed by atoms with Crippen molar-refractivity contribution in [3.05, 3.63) is 0 Å². The Hall–Kier alpha value is -0.570. The molecule has 3 heteroatoms. The molecule has 0 radical (unpaired) electrons. The molecule has 1 atom stereocenters. The molecule has 0 spiro atoms. The third-order valence-corrected chi connectivity index (χ3v) is 4.23. The van der Waals surface area contributed by atoms with E-state index >= 15 is 0 Å². The molecule has 0 aliphatic carbocycles. The summed E-state index contributed by atoms with van der Waals surface area (Å²) in [5, 5.41) is 3.23. The summed E-state index contributed by atoms with van der Waals surface area (Å²) in [6, 6.07) is 0. The fourth-order valence-electron chi connectivity index (χ4n) is 2.98. The molecule has 0 aromatic carbocycles. The van der Waals surface area contributed by atoms with Crippen LogP contribution in [0.5, 0.6) is 0 Å². The predicted molar refractivity (Wildman–Crippen MR) is 69.8 cm³/mol. The predicted octanol–water partition coefficient (Wildman–Crippen LogP) is 2.02. The molecular weight excluding hydrogens is 212 g/mol. The Labute approximate surface area is 105 Å². The van der Waals surface area contributed by atoms with Gasteiger partial charge in [-0.1, -0.05) is 19.8 Å². The van der Waals surface area contributed by atoms with Gasteiger partial charge in [0, 0.05) is 19.5 Å². The van der Waals surface area contributed by atoms with Crippen LogP contribution < -0.4 is 5.32 Å². The lowest BCUT2D eigenvalue weighted by Crippen LogP contribution is -2.45. The van der Waals surface area contributed by atoms with Gasteiger partial charge in [0.05, 0.1) is 0 Å². The number of hydrogen-bond donors (Lipinski definition) is 1. The van der Waals surface area contributed by atoms with E-state index in [-0.39, 0.29) is 0 Å². The first-order valence-electron chi connectivity index (χ1n) is 7.28. The second-order valence-electron chi connectivity index (χ2n) is 5.69. The first-order chi connectivity index (χ1) is 8.29. The van der Waals surface area contributed by atoms with Gasteiger partial charge in [-0.05, 0) is 44.2 Å². The van der Waals surface area contributed by atoms with Crippen molar-refractivity contribution in [1.29, 1.82) is 0 Å². The smallest absolute Gasteiger partial charge is 0.222 e. The minimum absolute atomic E-state index is 0.397. The summed E-state index contributed by atoms with van der Waals surface area (Å²) in [5.41, 5.74) is 0. The molecule has 3 nitrogen and oxygen atoms in total. The Morgan fingerprint density at radius 2 is 2.06 bits per heavy atom. The summed E-state index contributed by atoms with van der Waals surface area (Å²) in [4.78, 5) is 14.2. The average molecular weight is 238 g/mol. The molecule has 2 saturated heterocycles. The van der Waals surface area contributed by atoms with E-state index in [9.17, 15) is 4.79 Å². The Bertz CT molecular complexity index is 251. The fourth-order valence-corrected chi connectivity index (χ4v) is 2.98. The topological polar surface area (TPSA) is 32.3 Å². The van der Waals surface area contributed by atoms with E-state index < -0.39 is 0 Å². The fraction of sp³-hybridized carbons (Fsp3) is 0.929. The molecule has 0 aromatic heterocycles. The van der Waals surface area contributed by atoms with Gasteiger partial charge in [0.15, 0.2) is 0 Å². The number of likely N-dealkylation sites (tertiary alicyclic amines) is 1. The molecule has 98 valence electrons. The van der Waals surface area contributed by atoms with Crippen molar-refractivity contribution in [2.24, 2.45) is 11.8 Å². The number of hydrogen-bond acceptors (Lipinski definition) is 2. The highest BCUT2D eigenvalue weighted by molar-refractivity contribution is 5.76. The molecule has 1 amide bonds. The number of rotatable bonds is 4. The maximum Gasteiger partial charge on any atom is 0.222 e. The number of amides is 1. The summed E-state index contributed by atoms with van der Waals surface area (Å²) < 4.78 is 0. The first-order valence-corrected chi connectivity index (χ1v) is 7.28. The SMILES string of the molecule is CCCC1CCCN(C(=O)CC2CNC2)CC1. The molecule has 17 heavy (non-hydrogen) atoms. The number of nitrogens with zero attached hydrogens (tertiary/aromatic N) is 1. The van der Waals surface area contributed by atoms with E-state index in [2.05, 4.69) is 17.1 Å². The van der Waals surface area contributed by atoms with Crippen LogP contribution in [0.1, 0.15) is 45.4 Å². The quantitative estimate of drug-likeness (QED) is 0.812. The van der Waals surface area contributed by atoms with Crippen LogP contribution in [0.2, 0.25) is 0 Å². The monoisotopic (exact) mass is 238 g/mol. The van der Waals surface area contributed by atoms with Gasteiger partial charge >= 0.3 is 0 Å². The molecule has 0 aromatic rings. The molecule has 1 unspecified atom stereocenters. The van der Waals surface area contributed by atoms with Gasteiger partial charge in [-0.25, -0.2) is 0 Å². The van der Waals surface area contributed by atoms with Crippen LogP contribution in [0, 0.1) is 11.8 Å². The van der Waals surface area contributed by atoms with Gasteiger partial charge in [0.25, 0.3) is 0 Å². The lowest BCUT2D eigenvalue weighted by Gasteiger charge is -2.29. The lowest BCUT2D eigenvalue weighted by molar-refractivity contribution is -0.132. The van der Waals surface area contributed by atoms with Crippen LogP contribution in [0.4, 0.5) is 0 Å². The molecule has 2 heterocycles. The van der Waals surface area contributed by atoms with Gasteiger partial charge in [0.2, 0.25) is 5.91 Å². The van der Waals surface area contributed by atoms with Gasteiger partial charge in [-0.3, -0.25) is 4.79 Å². The lowest BCUT2D eigenvalue weighted by atomic mass is 9.96. The molecule has 0 bridgehead atoms. The highest BCUT2D eigenvalue weighted by Gasteiger charge is 2.25. The van der Waals surface area contributed by atoms with Crippen LogP contribution in [-0.2, 0) is 4.79 Å². The Morgan fingerprint density at radius 3 is 2.71 bits per heavy atom. The second kappa shape index (κ2) is 6.39. The van der Waals surface area contributed by atoms with Crippen molar-refractivity contribution in [3.8, 4) is 0 Å². The maximum atomic E-state index is 12.1. The van der Waals surface area contributed by atoms with E-state index in [0.717, 1.165) is 38.5 Å². The molecule has 0 saturated carbocycles. The highest BCUT2D eigenvalue weighted by Crippen LogP contribution is 2.23. The summed E-state index contributed by atoms with van der Waals surface area (Å²) in [6.45, 7) is 6.34. The molecular formula is C14H26N2O. The van der Waals surface area contributed by atoms with Crippen molar-refractivity contribution >= 4 is 5.91 Å². The van der Waals surface area contributed by atoms with Gasteiger partial charge in [-0.15, -0.1) is 0 Å². The van der Waals surface area contributed by atoms with E-state index in [1.165, 1.54) is 32.1 Å². The zero-order valence-corrected chi connectivity index (χ0v) is 11.1. The third-order valence-electron chi connectivity index (χ3n) is 4.23. The number of carbonyl (C=O) groups excluding carboxylic acids is 1. The second-order valence-corrected chi connectivity index (χ2v) is 5.69. The van der Waals surface area contributed by atoms with Gasteiger partial charge in [-0.2, -0.15) is 0 Å². The van der Waals surface area contributed by atoms with Gasteiger partial charge < -0.3 is 10.2 Å². The van der Waals surface area contributed by atoms with Crippen molar-refractivity contribution < 1.29 is 4.79 Å². The van der Waals surface area contributed by atoms with Gasteiger partial charge in [0.1, 0.15) is 0 Å². The normalized spacial score (nSPS) is 26.4. The minimum atomic E-state index is 0.397. The van der Waals surface area contributed by atoms with Crippen molar-refractivity contribution in [2.75, 3.05) is 26.2 Å². The van der Waals surface area contributed by atoms with E-state index in [1.807, 2.05) is 0 Å². The summed E-state index contributed by atoms with van der Waals surface area (Å²) >= 11 is 0. The van der Waals surface area contributed by atoms with E-state index in [4.69, 9.17) is 0 Å². The highest BCUT2D eigenvalue weighted by atomic mass is 16.2. The van der Waals surface area contributed by atoms with Crippen molar-refractivity contribution in [3.63, 3.8) is 0 Å². The van der Waals surface area contributed by atoms with Crippen LogP contribution >= 0.6 is 0 Å². The summed E-state index contributed by atoms with van der Waals surface area (Å²) in [7, 11) is 0. The molecule has 2 fully saturated rings. The van der Waals surface area contributed by atoms with E-state index in [0.29, 0.717) is 11.8 Å². The Morgan fingerprint density at radius 1 is 1.24 bits per heavy atom. The van der Waals surface area contributed by atoms with Crippen molar-refractivity contribution in [1.82, 2.24) is 10.2 Å². The molecule has 2 rings (SSSR count). The standard InChI is InChI=1S/C14H26N2O/c1-2-4-12-5-3-7-16(8-6-12)14(17)9-13-10-15-11-13/h12-13,15H,2-11H2,1H3. The summed E-state index contributed by atoms with van der Waals surface area (Å²) in [6.07, 6.45) is 7.15. The van der Waals surface area contributed by atoms with Crippen molar-refractivity contribution in [2.45, 2.75) is 45.4 Å². The summed E-state index contributed by atoms with van der Waals surface area (Å²) in [5.74, 6) is 1.87. The Kier molecular flexibility index (Phi) is 4.84. The zero-order chi connectivity index (χ0) is 12.1. The van der Waals surface area contributed by atoms with Crippen LogP contribution in [-0.4, -0.2) is 37.0 Å². The zero-order valence-electron chi connectivity index (χ0n) is 11.1. The van der Waals surface area contributed by atoms with Crippen LogP contribution in [0.3, 0.4) is 0 Å². The molecule has 1 N–H and O–H groups in total. The molecule has 2 aliphatic rings. The maximum absolute atomic E-state index is 12.1. The number of carbonyl (C=O) groups is 1. The van der Waals surface area contributed by atoms with E-state index in [1.54, 1.807) is 0 Å². The average Bonchev–Trinajstić information content (AvgIpc) is 2.49.